The van der Waals surface area contributed by atoms with Crippen molar-refractivity contribution >= 4 is 28.7 Å². The Balaban J connectivity index is 2.40. The van der Waals surface area contributed by atoms with E-state index >= 15 is 0 Å². The van der Waals surface area contributed by atoms with E-state index in [0.717, 1.165) is 12.1 Å². The van der Waals surface area contributed by atoms with Gasteiger partial charge in [0.15, 0.2) is 5.82 Å². The van der Waals surface area contributed by atoms with Crippen LogP contribution in [0.4, 0.5) is 25.8 Å². The Morgan fingerprint density at radius 2 is 1.95 bits per heavy atom. The highest BCUT2D eigenvalue weighted by Crippen LogP contribution is 2.30. The predicted octanol–water partition coefficient (Wildman–Crippen LogP) is 3.82. The maximum absolute atomic E-state index is 13.6. The van der Waals surface area contributed by atoms with Crippen molar-refractivity contribution in [3.8, 4) is 6.07 Å². The van der Waals surface area contributed by atoms with Crippen molar-refractivity contribution in [2.75, 3.05) is 11.1 Å². The highest BCUT2D eigenvalue weighted by atomic mass is 35.5. The molecule has 0 saturated heterocycles. The molecule has 2 aromatic carbocycles. The fourth-order valence-electron chi connectivity index (χ4n) is 1.54. The van der Waals surface area contributed by atoms with Crippen LogP contribution in [0.2, 0.25) is 5.02 Å². The Bertz CT molecular complexity index is 657. The molecule has 0 aromatic heterocycles. The minimum absolute atomic E-state index is 0.0586. The third-order valence-corrected chi connectivity index (χ3v) is 2.75. The number of nitrogen functional groups attached to an aromatic ring is 1. The minimum Gasteiger partial charge on any atom is -0.398 e. The van der Waals surface area contributed by atoms with E-state index in [0.29, 0.717) is 11.4 Å². The molecule has 0 unspecified atom stereocenters. The van der Waals surface area contributed by atoms with Gasteiger partial charge in [0.1, 0.15) is 11.9 Å². The molecule has 19 heavy (non-hydrogen) atoms. The zero-order valence-corrected chi connectivity index (χ0v) is 10.3. The number of hydrogen-bond acceptors (Lipinski definition) is 3. The Labute approximate surface area is 113 Å². The van der Waals surface area contributed by atoms with Crippen molar-refractivity contribution in [1.29, 1.82) is 5.26 Å². The third kappa shape index (κ3) is 2.75. The molecule has 0 spiro atoms. The molecule has 0 bridgehead atoms. The summed E-state index contributed by atoms with van der Waals surface area (Å²) in [6.07, 6.45) is 0. The van der Waals surface area contributed by atoms with Crippen LogP contribution < -0.4 is 11.1 Å². The van der Waals surface area contributed by atoms with Crippen molar-refractivity contribution in [3.63, 3.8) is 0 Å². The Hall–Kier alpha value is -2.32. The van der Waals surface area contributed by atoms with Gasteiger partial charge in [-0.1, -0.05) is 11.6 Å². The maximum Gasteiger partial charge on any atom is 0.151 e. The number of nitrogens with one attached hydrogen (secondary N) is 1. The molecule has 6 heteroatoms. The fourth-order valence-corrected chi connectivity index (χ4v) is 1.78. The van der Waals surface area contributed by atoms with Crippen LogP contribution in [0.5, 0.6) is 0 Å². The largest absolute Gasteiger partial charge is 0.398 e. The molecule has 0 aliphatic rings. The van der Waals surface area contributed by atoms with Gasteiger partial charge in [-0.2, -0.15) is 5.26 Å². The topological polar surface area (TPSA) is 61.8 Å². The number of nitriles is 1. The van der Waals surface area contributed by atoms with Crippen molar-refractivity contribution in [2.24, 2.45) is 0 Å². The van der Waals surface area contributed by atoms with E-state index in [-0.39, 0.29) is 16.3 Å². The smallest absolute Gasteiger partial charge is 0.151 e. The standard InChI is InChI=1S/C13H8ClF2N3/c14-10-4-8(15)5-11(16)13(10)19-9-1-2-12(18)7(3-9)6-17/h1-5,19H,18H2. The Morgan fingerprint density at radius 1 is 1.21 bits per heavy atom. The second kappa shape index (κ2) is 5.12. The lowest BCUT2D eigenvalue weighted by molar-refractivity contribution is 0.586. The molecule has 2 aromatic rings. The van der Waals surface area contributed by atoms with Gasteiger partial charge in [0.2, 0.25) is 0 Å². The zero-order valence-electron chi connectivity index (χ0n) is 9.55. The summed E-state index contributed by atoms with van der Waals surface area (Å²) in [6, 6.07) is 8.15. The van der Waals surface area contributed by atoms with E-state index in [1.54, 1.807) is 6.07 Å². The van der Waals surface area contributed by atoms with Gasteiger partial charge in [0, 0.05) is 17.4 Å². The summed E-state index contributed by atoms with van der Waals surface area (Å²) in [7, 11) is 0. The highest BCUT2D eigenvalue weighted by molar-refractivity contribution is 6.33. The SMILES string of the molecule is N#Cc1cc(Nc2c(F)cc(F)cc2Cl)ccc1N. The summed E-state index contributed by atoms with van der Waals surface area (Å²) in [6.45, 7) is 0. The van der Waals surface area contributed by atoms with Crippen LogP contribution in [-0.2, 0) is 0 Å². The van der Waals surface area contributed by atoms with E-state index in [1.165, 1.54) is 12.1 Å². The van der Waals surface area contributed by atoms with Gasteiger partial charge in [-0.15, -0.1) is 0 Å². The van der Waals surface area contributed by atoms with Gasteiger partial charge in [0.05, 0.1) is 16.3 Å². The second-order valence-corrected chi connectivity index (χ2v) is 4.19. The summed E-state index contributed by atoms with van der Waals surface area (Å²) in [5.74, 6) is -1.58. The third-order valence-electron chi connectivity index (χ3n) is 2.45. The van der Waals surface area contributed by atoms with Gasteiger partial charge in [0.25, 0.3) is 0 Å². The summed E-state index contributed by atoms with van der Waals surface area (Å²) >= 11 is 5.76. The molecule has 0 fully saturated rings. The number of nitrogens with zero attached hydrogens (tertiary/aromatic N) is 1. The summed E-state index contributed by atoms with van der Waals surface area (Å²) in [5.41, 5.74) is 6.51. The normalized spacial score (nSPS) is 10.0. The van der Waals surface area contributed by atoms with Crippen LogP contribution in [0.3, 0.4) is 0 Å². The number of hydrogen-bond donors (Lipinski definition) is 2. The number of benzene rings is 2. The minimum atomic E-state index is -0.819. The quantitative estimate of drug-likeness (QED) is 0.822. The zero-order chi connectivity index (χ0) is 14.0. The number of rotatable bonds is 2. The molecular weight excluding hydrogens is 272 g/mol. The van der Waals surface area contributed by atoms with Crippen LogP contribution in [0.25, 0.3) is 0 Å². The molecule has 0 aliphatic heterocycles. The number of nitrogens with two attached hydrogens (primary N) is 1. The summed E-state index contributed by atoms with van der Waals surface area (Å²) in [4.78, 5) is 0. The first-order chi connectivity index (χ1) is 9.01. The first-order valence-corrected chi connectivity index (χ1v) is 5.60. The summed E-state index contributed by atoms with van der Waals surface area (Å²) < 4.78 is 26.5. The first-order valence-electron chi connectivity index (χ1n) is 5.22. The second-order valence-electron chi connectivity index (χ2n) is 3.78. The van der Waals surface area contributed by atoms with E-state index in [2.05, 4.69) is 5.32 Å². The first kappa shape index (κ1) is 13.1. The van der Waals surface area contributed by atoms with Crippen LogP contribution in [0.1, 0.15) is 5.56 Å². The van der Waals surface area contributed by atoms with E-state index < -0.39 is 11.6 Å². The van der Waals surface area contributed by atoms with Gasteiger partial charge in [-0.3, -0.25) is 0 Å². The van der Waals surface area contributed by atoms with E-state index in [9.17, 15) is 8.78 Å². The Kier molecular flexibility index (Phi) is 3.54. The average Bonchev–Trinajstić information content (AvgIpc) is 2.35. The van der Waals surface area contributed by atoms with Gasteiger partial charge in [-0.25, -0.2) is 8.78 Å². The lowest BCUT2D eigenvalue weighted by atomic mass is 10.1. The lowest BCUT2D eigenvalue weighted by Crippen LogP contribution is -1.98. The molecular formula is C13H8ClF2N3. The van der Waals surface area contributed by atoms with Crippen LogP contribution >= 0.6 is 11.6 Å². The predicted molar refractivity (Wildman–Crippen MR) is 70.2 cm³/mol. The maximum atomic E-state index is 13.6. The van der Waals surface area contributed by atoms with Crippen LogP contribution in [-0.4, -0.2) is 0 Å². The molecule has 0 amide bonds. The highest BCUT2D eigenvalue weighted by Gasteiger charge is 2.11. The number of halogens is 3. The van der Waals surface area contributed by atoms with E-state index in [1.807, 2.05) is 6.07 Å². The molecule has 96 valence electrons. The molecule has 3 N–H and O–H groups in total. The monoisotopic (exact) mass is 279 g/mol. The van der Waals surface area contributed by atoms with Crippen molar-refractivity contribution < 1.29 is 8.78 Å². The number of anilines is 3. The molecule has 2 rings (SSSR count). The lowest BCUT2D eigenvalue weighted by Gasteiger charge is -2.10. The van der Waals surface area contributed by atoms with E-state index in [4.69, 9.17) is 22.6 Å². The molecule has 0 radical (unpaired) electrons. The molecule has 0 atom stereocenters. The van der Waals surface area contributed by atoms with Gasteiger partial charge >= 0.3 is 0 Å². The molecule has 0 heterocycles. The molecule has 0 saturated carbocycles. The average molecular weight is 280 g/mol. The van der Waals surface area contributed by atoms with Crippen LogP contribution in [0.15, 0.2) is 30.3 Å². The molecule has 3 nitrogen and oxygen atoms in total. The fraction of sp³-hybridized carbons (Fsp3) is 0. The Morgan fingerprint density at radius 3 is 2.58 bits per heavy atom. The van der Waals surface area contributed by atoms with Gasteiger partial charge in [-0.05, 0) is 24.3 Å². The van der Waals surface area contributed by atoms with Crippen molar-refractivity contribution in [2.45, 2.75) is 0 Å². The summed E-state index contributed by atoms with van der Waals surface area (Å²) in [5, 5.41) is 11.4. The van der Waals surface area contributed by atoms with Gasteiger partial charge < -0.3 is 11.1 Å². The van der Waals surface area contributed by atoms with Crippen molar-refractivity contribution in [1.82, 2.24) is 0 Å². The van der Waals surface area contributed by atoms with Crippen LogP contribution in [0, 0.1) is 23.0 Å². The van der Waals surface area contributed by atoms with Crippen molar-refractivity contribution in [3.05, 3.63) is 52.6 Å². The molecule has 0 aliphatic carbocycles.